The van der Waals surface area contributed by atoms with Gasteiger partial charge in [-0.05, 0) is 44.9 Å². The van der Waals surface area contributed by atoms with E-state index in [9.17, 15) is 19.2 Å². The monoisotopic (exact) mass is 580 g/mol. The van der Waals surface area contributed by atoms with Gasteiger partial charge in [-0.1, -0.05) is 18.2 Å². The summed E-state index contributed by atoms with van der Waals surface area (Å²) in [5.41, 5.74) is 23.8. The summed E-state index contributed by atoms with van der Waals surface area (Å²) >= 11 is 0. The highest BCUT2D eigenvalue weighted by Crippen LogP contribution is 2.40. The second-order valence-corrected chi connectivity index (χ2v) is 8.48. The largest absolute Gasteiger partial charge is 0.462 e. The number of nitrogen functional groups attached to an aromatic ring is 4. The molecule has 0 unspecified atom stereocenters. The molecule has 8 N–H and O–H groups in total. The summed E-state index contributed by atoms with van der Waals surface area (Å²) in [4.78, 5) is 60.3. The fraction of sp³-hybridized carbons (Fsp3) is 0.286. The van der Waals surface area contributed by atoms with Gasteiger partial charge in [0.1, 0.15) is 45.5 Å². The summed E-state index contributed by atoms with van der Waals surface area (Å²) in [6.07, 6.45) is 0. The van der Waals surface area contributed by atoms with Crippen LogP contribution in [0.1, 0.15) is 69.1 Å². The number of rotatable bonds is 10. The lowest BCUT2D eigenvalue weighted by atomic mass is 9.89. The lowest BCUT2D eigenvalue weighted by molar-refractivity contribution is 0.0508. The van der Waals surface area contributed by atoms with E-state index >= 15 is 0 Å². The van der Waals surface area contributed by atoms with Gasteiger partial charge in [-0.3, -0.25) is 0 Å². The van der Waals surface area contributed by atoms with Gasteiger partial charge >= 0.3 is 23.9 Å². The average molecular weight is 581 g/mol. The van der Waals surface area contributed by atoms with E-state index in [2.05, 4.69) is 9.97 Å². The van der Waals surface area contributed by atoms with Crippen molar-refractivity contribution in [2.45, 2.75) is 27.7 Å². The van der Waals surface area contributed by atoms with E-state index in [1.165, 1.54) is 12.1 Å². The number of nitrogens with zero attached hydrogens (tertiary/aromatic N) is 2. The highest BCUT2D eigenvalue weighted by molar-refractivity contribution is 6.13. The Morgan fingerprint density at radius 3 is 1.05 bits per heavy atom. The zero-order valence-corrected chi connectivity index (χ0v) is 23.6. The van der Waals surface area contributed by atoms with Crippen molar-refractivity contribution in [3.8, 4) is 22.3 Å². The molecule has 14 heteroatoms. The molecule has 1 aromatic carbocycles. The molecule has 0 atom stereocenters. The maximum atomic E-state index is 13.1. The second-order valence-electron chi connectivity index (χ2n) is 8.48. The minimum atomic E-state index is -0.870. The molecule has 0 bridgehead atoms. The zero-order valence-electron chi connectivity index (χ0n) is 23.6. The fourth-order valence-corrected chi connectivity index (χ4v) is 4.29. The van der Waals surface area contributed by atoms with Crippen LogP contribution in [0.4, 0.5) is 23.3 Å². The number of anilines is 4. The Balaban J connectivity index is 2.49. The van der Waals surface area contributed by atoms with E-state index in [4.69, 9.17) is 41.9 Å². The maximum Gasteiger partial charge on any atom is 0.342 e. The van der Waals surface area contributed by atoms with E-state index < -0.39 is 23.9 Å². The quantitative estimate of drug-likeness (QED) is 0.199. The van der Waals surface area contributed by atoms with Crippen LogP contribution in [-0.2, 0) is 18.9 Å². The van der Waals surface area contributed by atoms with Crippen molar-refractivity contribution in [2.24, 2.45) is 0 Å². The fourth-order valence-electron chi connectivity index (χ4n) is 4.29. The number of hydrogen-bond acceptors (Lipinski definition) is 14. The first kappa shape index (κ1) is 31.1. The van der Waals surface area contributed by atoms with Gasteiger partial charge in [-0.25, -0.2) is 29.1 Å². The lowest BCUT2D eigenvalue weighted by Gasteiger charge is -2.19. The van der Waals surface area contributed by atoms with E-state index in [1.54, 1.807) is 39.8 Å². The van der Waals surface area contributed by atoms with Crippen LogP contribution in [0.2, 0.25) is 0 Å². The molecular weight excluding hydrogens is 548 g/mol. The van der Waals surface area contributed by atoms with Gasteiger partial charge < -0.3 is 41.9 Å². The van der Waals surface area contributed by atoms with Crippen molar-refractivity contribution >= 4 is 47.1 Å². The Bertz CT molecular complexity index is 1360. The molecular formula is C28H32N6O8. The highest BCUT2D eigenvalue weighted by Gasteiger charge is 2.32. The number of carbonyl (C=O) groups is 4. The van der Waals surface area contributed by atoms with E-state index in [-0.39, 0.29) is 94.2 Å². The topological polar surface area (TPSA) is 235 Å². The number of nitrogens with two attached hydrogens (primary N) is 4. The van der Waals surface area contributed by atoms with Crippen molar-refractivity contribution in [3.63, 3.8) is 0 Å². The summed E-state index contributed by atoms with van der Waals surface area (Å²) in [7, 11) is 0. The standard InChI is InChI=1S/C28H32N6O8/c1-5-39-25(35)17-15(18(26(36)40-6-2)22(30)33-21(17)29)13-10-9-11-14(12-13)16-19(27(37)41-7-3)23(31)34-24(32)20(16)28(38)42-8-4/h9-12H,5-8H2,1-4H3,(H4,29,30,33)(H4,31,32,34). The third-order valence-electron chi connectivity index (χ3n) is 5.86. The molecule has 0 fully saturated rings. The molecule has 222 valence electrons. The van der Waals surface area contributed by atoms with Gasteiger partial charge in [0, 0.05) is 11.1 Å². The minimum Gasteiger partial charge on any atom is -0.462 e. The number of hydrogen-bond donors (Lipinski definition) is 4. The number of esters is 4. The first-order chi connectivity index (χ1) is 20.0. The van der Waals surface area contributed by atoms with Gasteiger partial charge in [-0.2, -0.15) is 0 Å². The summed E-state index contributed by atoms with van der Waals surface area (Å²) < 4.78 is 20.8. The molecule has 0 aliphatic heterocycles. The van der Waals surface area contributed by atoms with Gasteiger partial charge in [-0.15, -0.1) is 0 Å². The van der Waals surface area contributed by atoms with Gasteiger partial charge in [0.2, 0.25) is 0 Å². The van der Waals surface area contributed by atoms with Crippen molar-refractivity contribution in [2.75, 3.05) is 49.4 Å². The van der Waals surface area contributed by atoms with Crippen LogP contribution in [0, 0.1) is 0 Å². The van der Waals surface area contributed by atoms with Crippen LogP contribution in [0.15, 0.2) is 24.3 Å². The maximum absolute atomic E-state index is 13.1. The Hall–Kier alpha value is -5.40. The van der Waals surface area contributed by atoms with Crippen LogP contribution in [-0.4, -0.2) is 60.3 Å². The summed E-state index contributed by atoms with van der Waals surface area (Å²) in [5.74, 6) is -4.66. The van der Waals surface area contributed by atoms with Gasteiger partial charge in [0.25, 0.3) is 0 Å². The van der Waals surface area contributed by atoms with Crippen molar-refractivity contribution in [3.05, 3.63) is 46.5 Å². The normalized spacial score (nSPS) is 10.6. The molecule has 3 rings (SSSR count). The molecule has 0 spiro atoms. The number of aromatic nitrogens is 2. The van der Waals surface area contributed by atoms with Crippen molar-refractivity contribution < 1.29 is 38.1 Å². The van der Waals surface area contributed by atoms with Crippen LogP contribution < -0.4 is 22.9 Å². The number of benzene rings is 1. The smallest absolute Gasteiger partial charge is 0.342 e. The van der Waals surface area contributed by atoms with E-state index in [0.29, 0.717) is 0 Å². The molecule has 0 radical (unpaired) electrons. The third kappa shape index (κ3) is 6.01. The first-order valence-electron chi connectivity index (χ1n) is 13.0. The first-order valence-corrected chi connectivity index (χ1v) is 13.0. The molecule has 2 aromatic heterocycles. The summed E-state index contributed by atoms with van der Waals surface area (Å²) in [6.45, 7) is 6.37. The average Bonchev–Trinajstić information content (AvgIpc) is 2.92. The molecule has 0 saturated heterocycles. The Kier molecular flexibility index (Phi) is 9.86. The Labute approximate surface area is 241 Å². The van der Waals surface area contributed by atoms with Crippen molar-refractivity contribution in [1.29, 1.82) is 0 Å². The van der Waals surface area contributed by atoms with Crippen molar-refractivity contribution in [1.82, 2.24) is 9.97 Å². The molecule has 14 nitrogen and oxygen atoms in total. The Morgan fingerprint density at radius 1 is 0.548 bits per heavy atom. The van der Waals surface area contributed by atoms with E-state index in [0.717, 1.165) is 0 Å². The predicted octanol–water partition coefficient (Wildman–Crippen LogP) is 2.85. The van der Waals surface area contributed by atoms with E-state index in [1.807, 2.05) is 0 Å². The number of carbonyl (C=O) groups excluding carboxylic acids is 4. The molecule has 2 heterocycles. The van der Waals surface area contributed by atoms with Crippen LogP contribution in [0.3, 0.4) is 0 Å². The number of pyridine rings is 2. The SMILES string of the molecule is CCOC(=O)c1c(N)nc(N)c(C(=O)OCC)c1-c1cccc(-c2c(C(=O)OCC)c(N)nc(N)c2C(=O)OCC)c1. The second kappa shape index (κ2) is 13.3. The van der Waals surface area contributed by atoms with Crippen LogP contribution in [0.5, 0.6) is 0 Å². The van der Waals surface area contributed by atoms with Gasteiger partial charge in [0.15, 0.2) is 0 Å². The minimum absolute atomic E-state index is 0.00175. The molecule has 0 saturated carbocycles. The highest BCUT2D eigenvalue weighted by atomic mass is 16.5. The van der Waals surface area contributed by atoms with Crippen LogP contribution >= 0.6 is 0 Å². The summed E-state index contributed by atoms with van der Waals surface area (Å²) in [6, 6.07) is 6.10. The zero-order chi connectivity index (χ0) is 31.1. The van der Waals surface area contributed by atoms with Crippen LogP contribution in [0.25, 0.3) is 22.3 Å². The molecule has 3 aromatic rings. The number of ether oxygens (including phenoxy) is 4. The molecule has 42 heavy (non-hydrogen) atoms. The summed E-state index contributed by atoms with van der Waals surface area (Å²) in [5, 5.41) is 0. The Morgan fingerprint density at radius 2 is 0.810 bits per heavy atom. The van der Waals surface area contributed by atoms with Gasteiger partial charge in [0.05, 0.1) is 26.4 Å². The molecule has 0 amide bonds. The molecule has 0 aliphatic carbocycles. The molecule has 0 aliphatic rings. The lowest BCUT2D eigenvalue weighted by Crippen LogP contribution is -2.19. The predicted molar refractivity (Wildman–Crippen MR) is 154 cm³/mol. The third-order valence-corrected chi connectivity index (χ3v) is 5.86.